The van der Waals surface area contributed by atoms with Crippen LogP contribution in [0.15, 0.2) is 30.3 Å². The average Bonchev–Trinajstić information content (AvgIpc) is 2.28. The van der Waals surface area contributed by atoms with Crippen LogP contribution in [0.25, 0.3) is 10.8 Å². The summed E-state index contributed by atoms with van der Waals surface area (Å²) in [6.45, 7) is 2.64. The highest BCUT2D eigenvalue weighted by Crippen LogP contribution is 2.36. The van der Waals surface area contributed by atoms with E-state index in [9.17, 15) is 5.11 Å². The normalized spacial score (nSPS) is 19.2. The van der Waals surface area contributed by atoms with Gasteiger partial charge in [-0.25, -0.2) is 0 Å². The summed E-state index contributed by atoms with van der Waals surface area (Å²) in [5, 5.41) is 15.0. The quantitative estimate of drug-likeness (QED) is 0.709. The topological polar surface area (TPSA) is 41.5 Å². The number of phenolic OH excluding ortho intramolecular Hbond substituents is 1. The van der Waals surface area contributed by atoms with Gasteiger partial charge in [0.25, 0.3) is 0 Å². The Labute approximate surface area is 93.7 Å². The third-order valence-electron chi connectivity index (χ3n) is 3.06. The summed E-state index contributed by atoms with van der Waals surface area (Å²) in [6, 6.07) is 9.68. The van der Waals surface area contributed by atoms with E-state index in [4.69, 9.17) is 4.74 Å². The van der Waals surface area contributed by atoms with Crippen molar-refractivity contribution in [3.8, 4) is 11.5 Å². The van der Waals surface area contributed by atoms with Crippen LogP contribution in [-0.2, 0) is 0 Å². The number of hydrogen-bond acceptors (Lipinski definition) is 3. The predicted octanol–water partition coefficient (Wildman–Crippen LogP) is 2.55. The molecular weight excluding hydrogens is 202 g/mol. The number of benzene rings is 2. The molecule has 0 aromatic heterocycles. The Morgan fingerprint density at radius 2 is 2.12 bits per heavy atom. The maximum absolute atomic E-state index is 9.56. The number of nitrogens with one attached hydrogen (secondary N) is 1. The van der Waals surface area contributed by atoms with E-state index in [2.05, 4.69) is 12.2 Å². The maximum Gasteiger partial charge on any atom is 0.140 e. The molecule has 0 aliphatic carbocycles. The number of hydrogen-bond donors (Lipinski definition) is 2. The first-order valence-corrected chi connectivity index (χ1v) is 5.37. The monoisotopic (exact) mass is 215 g/mol. The molecule has 1 aliphatic heterocycles. The van der Waals surface area contributed by atoms with Gasteiger partial charge in [0.05, 0.1) is 0 Å². The molecule has 0 radical (unpaired) electrons. The third kappa shape index (κ3) is 1.32. The van der Waals surface area contributed by atoms with Crippen LogP contribution in [0.1, 0.15) is 18.5 Å². The molecule has 2 aromatic rings. The van der Waals surface area contributed by atoms with Gasteiger partial charge in [-0.15, -0.1) is 0 Å². The van der Waals surface area contributed by atoms with Gasteiger partial charge >= 0.3 is 0 Å². The summed E-state index contributed by atoms with van der Waals surface area (Å²) < 4.78 is 5.55. The van der Waals surface area contributed by atoms with Crippen LogP contribution in [0.3, 0.4) is 0 Å². The smallest absolute Gasteiger partial charge is 0.140 e. The Kier molecular flexibility index (Phi) is 2.01. The molecule has 0 spiro atoms. The van der Waals surface area contributed by atoms with Crippen molar-refractivity contribution in [3.63, 3.8) is 0 Å². The van der Waals surface area contributed by atoms with Gasteiger partial charge in [0.2, 0.25) is 0 Å². The zero-order valence-electron chi connectivity index (χ0n) is 9.03. The summed E-state index contributed by atoms with van der Waals surface area (Å²) in [7, 11) is 0. The first kappa shape index (κ1) is 9.48. The third-order valence-corrected chi connectivity index (χ3v) is 3.06. The molecule has 0 fully saturated rings. The second kappa shape index (κ2) is 3.39. The number of ether oxygens (including phenoxy) is 1. The summed E-state index contributed by atoms with van der Waals surface area (Å²) in [4.78, 5) is 0. The van der Waals surface area contributed by atoms with Crippen LogP contribution in [-0.4, -0.2) is 11.8 Å². The molecule has 82 valence electrons. The summed E-state index contributed by atoms with van der Waals surface area (Å²) in [5.74, 6) is 1.20. The molecule has 16 heavy (non-hydrogen) atoms. The minimum Gasteiger partial charge on any atom is -0.508 e. The van der Waals surface area contributed by atoms with Gasteiger partial charge in [-0.05, 0) is 35.9 Å². The van der Waals surface area contributed by atoms with Crippen molar-refractivity contribution in [2.75, 3.05) is 6.73 Å². The molecule has 1 aliphatic rings. The van der Waals surface area contributed by atoms with E-state index < -0.39 is 0 Å². The van der Waals surface area contributed by atoms with Crippen LogP contribution in [0, 0.1) is 0 Å². The van der Waals surface area contributed by atoms with Crippen molar-refractivity contribution in [3.05, 3.63) is 35.9 Å². The van der Waals surface area contributed by atoms with E-state index in [1.807, 2.05) is 18.2 Å². The van der Waals surface area contributed by atoms with Crippen molar-refractivity contribution in [1.29, 1.82) is 0 Å². The zero-order valence-corrected chi connectivity index (χ0v) is 9.03. The van der Waals surface area contributed by atoms with Crippen molar-refractivity contribution in [2.45, 2.75) is 13.0 Å². The summed E-state index contributed by atoms with van der Waals surface area (Å²) in [6.07, 6.45) is 0. The maximum atomic E-state index is 9.56. The Morgan fingerprint density at radius 3 is 3.00 bits per heavy atom. The molecule has 0 bridgehead atoms. The molecule has 2 aromatic carbocycles. The van der Waals surface area contributed by atoms with E-state index in [0.717, 1.165) is 22.1 Å². The fourth-order valence-corrected chi connectivity index (χ4v) is 2.23. The molecule has 3 heteroatoms. The van der Waals surface area contributed by atoms with Crippen molar-refractivity contribution in [2.24, 2.45) is 0 Å². The van der Waals surface area contributed by atoms with Gasteiger partial charge in [-0.1, -0.05) is 12.1 Å². The minimum atomic E-state index is 0.245. The molecule has 0 unspecified atom stereocenters. The van der Waals surface area contributed by atoms with E-state index in [1.54, 1.807) is 12.1 Å². The standard InChI is InChI=1S/C13H13NO2/c1-8-13-11-6-10(15)4-2-9(11)3-5-12(13)16-7-14-8/h2-6,8,14-15H,7H2,1H3/t8-/m0/s1. The van der Waals surface area contributed by atoms with Crippen LogP contribution >= 0.6 is 0 Å². The van der Waals surface area contributed by atoms with Crippen molar-refractivity contribution in [1.82, 2.24) is 5.32 Å². The lowest BCUT2D eigenvalue weighted by atomic mass is 9.97. The lowest BCUT2D eigenvalue weighted by Crippen LogP contribution is -2.29. The van der Waals surface area contributed by atoms with Gasteiger partial charge in [0.15, 0.2) is 0 Å². The fourth-order valence-electron chi connectivity index (χ4n) is 2.23. The van der Waals surface area contributed by atoms with Crippen molar-refractivity contribution >= 4 is 10.8 Å². The SMILES string of the molecule is C[C@@H]1NCOc2ccc3ccc(O)cc3c21. The Balaban J connectivity index is 2.36. The zero-order chi connectivity index (χ0) is 11.1. The highest BCUT2D eigenvalue weighted by Gasteiger charge is 2.19. The van der Waals surface area contributed by atoms with Gasteiger partial charge in [0.1, 0.15) is 18.2 Å². The molecule has 2 N–H and O–H groups in total. The van der Waals surface area contributed by atoms with E-state index in [-0.39, 0.29) is 6.04 Å². The van der Waals surface area contributed by atoms with Gasteiger partial charge < -0.3 is 9.84 Å². The lowest BCUT2D eigenvalue weighted by Gasteiger charge is -2.25. The summed E-state index contributed by atoms with van der Waals surface area (Å²) in [5.41, 5.74) is 1.12. The van der Waals surface area contributed by atoms with E-state index >= 15 is 0 Å². The second-order valence-electron chi connectivity index (χ2n) is 4.10. The van der Waals surface area contributed by atoms with Gasteiger partial charge in [0, 0.05) is 11.6 Å². The molecule has 0 saturated heterocycles. The molecule has 1 atom stereocenters. The Morgan fingerprint density at radius 1 is 1.31 bits per heavy atom. The highest BCUT2D eigenvalue weighted by atomic mass is 16.5. The molecule has 0 amide bonds. The van der Waals surface area contributed by atoms with Gasteiger partial charge in [-0.2, -0.15) is 0 Å². The van der Waals surface area contributed by atoms with Crippen LogP contribution in [0.5, 0.6) is 11.5 Å². The van der Waals surface area contributed by atoms with E-state index in [1.165, 1.54) is 0 Å². The Hall–Kier alpha value is -1.74. The number of rotatable bonds is 0. The van der Waals surface area contributed by atoms with Crippen LogP contribution < -0.4 is 10.1 Å². The predicted molar refractivity (Wildman–Crippen MR) is 62.7 cm³/mol. The first-order valence-electron chi connectivity index (χ1n) is 5.37. The number of aromatic hydroxyl groups is 1. The molecule has 3 rings (SSSR count). The van der Waals surface area contributed by atoms with Gasteiger partial charge in [-0.3, -0.25) is 5.32 Å². The Bertz CT molecular complexity index is 551. The van der Waals surface area contributed by atoms with Crippen LogP contribution in [0.2, 0.25) is 0 Å². The van der Waals surface area contributed by atoms with E-state index in [0.29, 0.717) is 12.5 Å². The highest BCUT2D eigenvalue weighted by molar-refractivity contribution is 5.89. The summed E-state index contributed by atoms with van der Waals surface area (Å²) >= 11 is 0. The van der Waals surface area contributed by atoms with Crippen molar-refractivity contribution < 1.29 is 9.84 Å². The fraction of sp³-hybridized carbons (Fsp3) is 0.231. The number of fused-ring (bicyclic) bond motifs is 3. The minimum absolute atomic E-state index is 0.245. The molecule has 0 saturated carbocycles. The largest absolute Gasteiger partial charge is 0.508 e. The first-order chi connectivity index (χ1) is 7.75. The molecular formula is C13H13NO2. The number of phenols is 1. The second-order valence-corrected chi connectivity index (χ2v) is 4.10. The lowest BCUT2D eigenvalue weighted by molar-refractivity contribution is 0.238. The molecule has 3 nitrogen and oxygen atoms in total. The van der Waals surface area contributed by atoms with Crippen LogP contribution in [0.4, 0.5) is 0 Å². The molecule has 1 heterocycles. The average molecular weight is 215 g/mol.